The topological polar surface area (TPSA) is 64.8 Å². The van der Waals surface area contributed by atoms with Crippen molar-refractivity contribution in [3.8, 4) is 5.75 Å². The minimum atomic E-state index is -0.356. The largest absolute Gasteiger partial charge is 0.493 e. The highest BCUT2D eigenvalue weighted by atomic mass is 16.5. The van der Waals surface area contributed by atoms with E-state index in [2.05, 4.69) is 25.7 Å². The van der Waals surface area contributed by atoms with Gasteiger partial charge in [0.2, 0.25) is 0 Å². The summed E-state index contributed by atoms with van der Waals surface area (Å²) < 4.78 is 11.2. The average Bonchev–Trinajstić information content (AvgIpc) is 2.58. The van der Waals surface area contributed by atoms with E-state index in [4.69, 9.17) is 15.2 Å². The van der Waals surface area contributed by atoms with Gasteiger partial charge in [-0.05, 0) is 31.6 Å². The maximum atomic E-state index is 12.3. The lowest BCUT2D eigenvalue weighted by Crippen LogP contribution is -2.28. The second-order valence-electron chi connectivity index (χ2n) is 5.83. The van der Waals surface area contributed by atoms with E-state index in [9.17, 15) is 4.79 Å². The molecule has 0 aliphatic heterocycles. The fraction of sp³-hybridized carbons (Fsp3) is 0.632. The van der Waals surface area contributed by atoms with E-state index >= 15 is 0 Å². The molecule has 0 bridgehead atoms. The van der Waals surface area contributed by atoms with Crippen LogP contribution in [0, 0.1) is 0 Å². The number of rotatable bonds is 12. The molecular formula is C19H32N2O3. The minimum Gasteiger partial charge on any atom is -0.493 e. The van der Waals surface area contributed by atoms with Crippen molar-refractivity contribution in [3.05, 3.63) is 23.8 Å². The lowest BCUT2D eigenvalue weighted by molar-refractivity contribution is 0.0462. The summed E-state index contributed by atoms with van der Waals surface area (Å²) >= 11 is 0. The molecular weight excluding hydrogens is 304 g/mol. The molecule has 0 atom stereocenters. The van der Waals surface area contributed by atoms with Gasteiger partial charge in [0.15, 0.2) is 0 Å². The Morgan fingerprint density at radius 3 is 2.50 bits per heavy atom. The number of anilines is 1. The van der Waals surface area contributed by atoms with Gasteiger partial charge in [-0.15, -0.1) is 0 Å². The quantitative estimate of drug-likeness (QED) is 0.358. The Kier molecular flexibility index (Phi) is 9.92. The number of carbonyl (C=O) groups is 1. The van der Waals surface area contributed by atoms with Crippen molar-refractivity contribution < 1.29 is 14.3 Å². The number of unbranched alkanes of at least 4 members (excludes halogenated alkanes) is 3. The Labute approximate surface area is 146 Å². The first-order chi connectivity index (χ1) is 11.6. The van der Waals surface area contributed by atoms with Crippen LogP contribution in [0.1, 0.15) is 56.8 Å². The smallest absolute Gasteiger partial charge is 0.341 e. The summed E-state index contributed by atoms with van der Waals surface area (Å²) in [6.07, 6.45) is 4.48. The minimum absolute atomic E-state index is 0.356. The van der Waals surface area contributed by atoms with Gasteiger partial charge in [0.1, 0.15) is 17.9 Å². The summed E-state index contributed by atoms with van der Waals surface area (Å²) in [6, 6.07) is 5.07. The highest BCUT2D eigenvalue weighted by Crippen LogP contribution is 2.23. The van der Waals surface area contributed by atoms with Crippen molar-refractivity contribution in [2.75, 3.05) is 38.6 Å². The Balaban J connectivity index is 2.57. The van der Waals surface area contributed by atoms with Crippen LogP contribution in [0.3, 0.4) is 0 Å². The molecule has 5 heteroatoms. The van der Waals surface area contributed by atoms with Crippen LogP contribution in [-0.2, 0) is 4.74 Å². The molecule has 136 valence electrons. The number of esters is 1. The first kappa shape index (κ1) is 20.3. The van der Waals surface area contributed by atoms with Crippen LogP contribution in [0.4, 0.5) is 5.69 Å². The van der Waals surface area contributed by atoms with E-state index in [1.54, 1.807) is 18.2 Å². The third-order valence-corrected chi connectivity index (χ3v) is 4.02. The number of ether oxygens (including phenoxy) is 2. The lowest BCUT2D eigenvalue weighted by atomic mass is 10.2. The molecule has 0 spiro atoms. The number of carbonyl (C=O) groups excluding carboxylic acids is 1. The normalized spacial score (nSPS) is 10.8. The summed E-state index contributed by atoms with van der Waals surface area (Å²) in [5.74, 6) is 0.157. The van der Waals surface area contributed by atoms with Gasteiger partial charge in [-0.25, -0.2) is 4.79 Å². The van der Waals surface area contributed by atoms with E-state index in [1.165, 1.54) is 12.8 Å². The zero-order valence-electron chi connectivity index (χ0n) is 15.3. The number of benzene rings is 1. The zero-order valence-corrected chi connectivity index (χ0v) is 15.3. The van der Waals surface area contributed by atoms with Gasteiger partial charge >= 0.3 is 5.97 Å². The van der Waals surface area contributed by atoms with Crippen molar-refractivity contribution in [2.45, 2.75) is 46.5 Å². The van der Waals surface area contributed by atoms with Crippen LogP contribution in [0.2, 0.25) is 0 Å². The molecule has 0 saturated heterocycles. The SMILES string of the molecule is CCCCCCOc1cc(N)ccc1C(=O)OCCN(CC)CC. The molecule has 0 saturated carbocycles. The third kappa shape index (κ3) is 7.21. The molecule has 0 heterocycles. The van der Waals surface area contributed by atoms with Gasteiger partial charge < -0.3 is 20.1 Å². The highest BCUT2D eigenvalue weighted by molar-refractivity contribution is 5.93. The van der Waals surface area contributed by atoms with Crippen LogP contribution >= 0.6 is 0 Å². The molecule has 0 radical (unpaired) electrons. The second kappa shape index (κ2) is 11.7. The highest BCUT2D eigenvalue weighted by Gasteiger charge is 2.15. The molecule has 0 aliphatic rings. The van der Waals surface area contributed by atoms with Crippen molar-refractivity contribution >= 4 is 11.7 Å². The van der Waals surface area contributed by atoms with Crippen molar-refractivity contribution in [1.29, 1.82) is 0 Å². The maximum absolute atomic E-state index is 12.3. The number of likely N-dealkylation sites (N-methyl/N-ethyl adjacent to an activating group) is 1. The summed E-state index contributed by atoms with van der Waals surface area (Å²) in [4.78, 5) is 14.5. The van der Waals surface area contributed by atoms with Crippen LogP contribution in [-0.4, -0.2) is 43.7 Å². The van der Waals surface area contributed by atoms with Crippen LogP contribution < -0.4 is 10.5 Å². The molecule has 2 N–H and O–H groups in total. The molecule has 0 fully saturated rings. The van der Waals surface area contributed by atoms with E-state index in [0.717, 1.165) is 32.5 Å². The number of nitrogens with two attached hydrogens (primary N) is 1. The molecule has 5 nitrogen and oxygen atoms in total. The Morgan fingerprint density at radius 2 is 1.83 bits per heavy atom. The van der Waals surface area contributed by atoms with E-state index in [1.807, 2.05) is 0 Å². The summed E-state index contributed by atoms with van der Waals surface area (Å²) in [7, 11) is 0. The first-order valence-electron chi connectivity index (χ1n) is 9.04. The first-order valence-corrected chi connectivity index (χ1v) is 9.04. The van der Waals surface area contributed by atoms with Gasteiger partial charge in [-0.1, -0.05) is 40.0 Å². The van der Waals surface area contributed by atoms with Crippen LogP contribution in [0.5, 0.6) is 5.75 Å². The van der Waals surface area contributed by atoms with Gasteiger partial charge in [0, 0.05) is 18.3 Å². The molecule has 1 rings (SSSR count). The zero-order chi connectivity index (χ0) is 17.8. The maximum Gasteiger partial charge on any atom is 0.341 e. The fourth-order valence-corrected chi connectivity index (χ4v) is 2.42. The second-order valence-corrected chi connectivity index (χ2v) is 5.83. The van der Waals surface area contributed by atoms with Crippen LogP contribution in [0.15, 0.2) is 18.2 Å². The average molecular weight is 336 g/mol. The van der Waals surface area contributed by atoms with E-state index in [-0.39, 0.29) is 5.97 Å². The number of nitrogens with zero attached hydrogens (tertiary/aromatic N) is 1. The lowest BCUT2D eigenvalue weighted by Gasteiger charge is -2.18. The molecule has 1 aromatic carbocycles. The predicted molar refractivity (Wildman–Crippen MR) is 98.6 cm³/mol. The van der Waals surface area contributed by atoms with Crippen molar-refractivity contribution in [1.82, 2.24) is 4.90 Å². The summed E-state index contributed by atoms with van der Waals surface area (Å²) in [5.41, 5.74) is 6.84. The predicted octanol–water partition coefficient (Wildman–Crippen LogP) is 3.73. The molecule has 0 unspecified atom stereocenters. The Hall–Kier alpha value is -1.75. The number of hydrogen-bond acceptors (Lipinski definition) is 5. The third-order valence-electron chi connectivity index (χ3n) is 4.02. The molecule has 0 aliphatic carbocycles. The van der Waals surface area contributed by atoms with Crippen molar-refractivity contribution in [3.63, 3.8) is 0 Å². The number of hydrogen-bond donors (Lipinski definition) is 1. The molecule has 1 aromatic rings. The van der Waals surface area contributed by atoms with Gasteiger partial charge in [0.25, 0.3) is 0 Å². The fourth-order valence-electron chi connectivity index (χ4n) is 2.42. The van der Waals surface area contributed by atoms with Gasteiger partial charge in [-0.2, -0.15) is 0 Å². The van der Waals surface area contributed by atoms with Crippen molar-refractivity contribution in [2.24, 2.45) is 0 Å². The summed E-state index contributed by atoms with van der Waals surface area (Å²) in [5, 5.41) is 0. The van der Waals surface area contributed by atoms with E-state index in [0.29, 0.717) is 30.2 Å². The van der Waals surface area contributed by atoms with E-state index < -0.39 is 0 Å². The monoisotopic (exact) mass is 336 g/mol. The summed E-state index contributed by atoms with van der Waals surface area (Å²) in [6.45, 7) is 9.95. The van der Waals surface area contributed by atoms with Crippen LogP contribution in [0.25, 0.3) is 0 Å². The van der Waals surface area contributed by atoms with Gasteiger partial charge in [-0.3, -0.25) is 0 Å². The molecule has 24 heavy (non-hydrogen) atoms. The molecule has 0 aromatic heterocycles. The molecule has 0 amide bonds. The Bertz CT molecular complexity index is 488. The standard InChI is InChI=1S/C19H32N2O3/c1-4-7-8-9-13-23-18-15-16(20)10-11-17(18)19(22)24-14-12-21(5-2)6-3/h10-11,15H,4-9,12-14,20H2,1-3H3. The Morgan fingerprint density at radius 1 is 1.08 bits per heavy atom. The number of nitrogen functional groups attached to an aromatic ring is 1. The van der Waals surface area contributed by atoms with Gasteiger partial charge in [0.05, 0.1) is 6.61 Å².